The Morgan fingerprint density at radius 2 is 0.983 bits per heavy atom. The number of carbonyl (C=O) groups is 2. The van der Waals surface area contributed by atoms with E-state index in [1.165, 1.54) is 68.9 Å². The Kier molecular flexibility index (Phi) is 24.1. The number of carbonyl (C=O) groups excluding carboxylic acids is 2. The van der Waals surface area contributed by atoms with Crippen LogP contribution in [0, 0.1) is 0 Å². The number of Topliss-reactive ketones (excluding diaryl/α,β-unsaturated/α-hetero) is 1. The summed E-state index contributed by atoms with van der Waals surface area (Å²) in [5, 5.41) is 16.7. The number of aromatic hydroxyl groups is 1. The van der Waals surface area contributed by atoms with Gasteiger partial charge in [0.15, 0.2) is 0 Å². The third-order valence-corrected chi connectivity index (χ3v) is 11.2. The summed E-state index contributed by atoms with van der Waals surface area (Å²) in [4.78, 5) is 21.7. The molecule has 9 heteroatoms. The van der Waals surface area contributed by atoms with Crippen LogP contribution in [0.5, 0.6) is 23.0 Å². The van der Waals surface area contributed by atoms with Gasteiger partial charge in [-0.3, -0.25) is 9.59 Å². The Morgan fingerprint density at radius 3 is 1.37 bits per heavy atom. The van der Waals surface area contributed by atoms with Crippen LogP contribution in [-0.2, 0) is 35.3 Å². The molecule has 4 aromatic rings. The molecule has 0 bridgehead atoms. The molecule has 2 saturated carbocycles. The van der Waals surface area contributed by atoms with Crippen LogP contribution in [0.3, 0.4) is 0 Å². The van der Waals surface area contributed by atoms with Gasteiger partial charge in [0.25, 0.3) is 0 Å². The predicted octanol–water partition coefficient (Wildman–Crippen LogP) is 11.0. The van der Waals surface area contributed by atoms with Gasteiger partial charge in [0, 0.05) is 43.4 Å². The number of nitrogens with one attached hydrogen (secondary N) is 2. The van der Waals surface area contributed by atoms with Gasteiger partial charge >= 0.3 is 0 Å². The minimum Gasteiger partial charge on any atom is -0.508 e. The molecule has 0 radical (unpaired) electrons. The van der Waals surface area contributed by atoms with Crippen molar-refractivity contribution < 1.29 is 28.9 Å². The van der Waals surface area contributed by atoms with Crippen molar-refractivity contribution in [1.29, 1.82) is 0 Å². The van der Waals surface area contributed by atoms with E-state index in [0.29, 0.717) is 30.7 Å². The van der Waals surface area contributed by atoms with Gasteiger partial charge in [0.05, 0.1) is 21.3 Å². The minimum absolute atomic E-state index is 0.249. The Bertz CT molecular complexity index is 1810. The molecule has 2 aliphatic rings. The molecule has 2 unspecified atom stereocenters. The Labute approximate surface area is 365 Å². The average molecular weight is 844 g/mol. The molecule has 3 N–H and O–H groups in total. The van der Waals surface area contributed by atoms with E-state index in [4.69, 9.17) is 25.8 Å². The zero-order valence-electron chi connectivity index (χ0n) is 37.0. The summed E-state index contributed by atoms with van der Waals surface area (Å²) in [6, 6.07) is 33.6. The van der Waals surface area contributed by atoms with E-state index in [1.54, 1.807) is 33.5 Å². The molecule has 0 saturated heterocycles. The third kappa shape index (κ3) is 20.3. The molecule has 2 aliphatic carbocycles. The molecule has 328 valence electrons. The fourth-order valence-electron chi connectivity index (χ4n) is 7.62. The Hall–Kier alpha value is -4.37. The van der Waals surface area contributed by atoms with Gasteiger partial charge in [0.1, 0.15) is 28.8 Å². The van der Waals surface area contributed by atoms with Crippen LogP contribution in [-0.4, -0.2) is 61.6 Å². The lowest BCUT2D eigenvalue weighted by Gasteiger charge is -2.22. The third-order valence-electron chi connectivity index (χ3n) is 11.1. The van der Waals surface area contributed by atoms with Crippen molar-refractivity contribution in [3.63, 3.8) is 0 Å². The summed E-state index contributed by atoms with van der Waals surface area (Å²) in [5.74, 6) is 3.14. The first-order chi connectivity index (χ1) is 29.1. The van der Waals surface area contributed by atoms with Crippen LogP contribution >= 0.6 is 11.6 Å². The summed E-state index contributed by atoms with van der Waals surface area (Å²) in [7, 11) is 4.94. The quantitative estimate of drug-likeness (QED) is 0.0851. The van der Waals surface area contributed by atoms with Gasteiger partial charge in [-0.1, -0.05) is 95.0 Å². The highest BCUT2D eigenvalue weighted by Gasteiger charge is 2.19. The SMILES string of the molecule is CCC(=O)Cc1cccc(OC)c1.CCC(Cc1cccc(O)c1)NC1CCCC1.CCC(Cc1cccc(OC)c1)NC1CCCC1.COc1cccc(CC(=O)Cl)c1. The number of ether oxygens (including phenoxy) is 3. The predicted molar refractivity (Wildman–Crippen MR) is 247 cm³/mol. The lowest BCUT2D eigenvalue weighted by molar-refractivity contribution is -0.118. The summed E-state index contributed by atoms with van der Waals surface area (Å²) in [5.41, 5.74) is 4.48. The standard InChI is InChI=1S/C16H25NO.C15H23NO.C11H14O2.C9H9ClO2/c1-3-14(17-15-8-4-5-9-15)11-13-7-6-10-16(12-13)18-2;1-2-13(16-14-7-3-4-8-14)10-12-6-5-9-15(17)11-12;1-3-10(12)7-9-5-4-6-11(8-9)13-2;1-12-8-4-2-3-7(5-8)6-9(10)11/h6-7,10,12,14-15,17H,3-5,8-9,11H2,1-2H3;5-6,9,11,13-14,16-17H,2-4,7-8,10H2,1H3;4-6,8H,3,7H2,1-2H3;2-5H,6H2,1H3. The molecule has 6 rings (SSSR count). The van der Waals surface area contributed by atoms with Crippen molar-refractivity contribution >= 4 is 22.6 Å². The number of rotatable bonds is 18. The largest absolute Gasteiger partial charge is 0.508 e. The summed E-state index contributed by atoms with van der Waals surface area (Å²) >= 11 is 5.23. The monoisotopic (exact) mass is 843 g/mol. The first-order valence-corrected chi connectivity index (χ1v) is 22.3. The van der Waals surface area contributed by atoms with Crippen molar-refractivity contribution in [2.24, 2.45) is 0 Å². The zero-order chi connectivity index (χ0) is 43.5. The van der Waals surface area contributed by atoms with Crippen molar-refractivity contribution in [3.8, 4) is 23.0 Å². The van der Waals surface area contributed by atoms with E-state index in [0.717, 1.165) is 59.7 Å². The fraction of sp³-hybridized carbons (Fsp3) is 0.490. The smallest absolute Gasteiger partial charge is 0.226 e. The van der Waals surface area contributed by atoms with E-state index < -0.39 is 0 Å². The first kappa shape index (κ1) is 50.0. The van der Waals surface area contributed by atoms with E-state index >= 15 is 0 Å². The summed E-state index contributed by atoms with van der Waals surface area (Å²) in [6.07, 6.45) is 16.7. The molecule has 0 aromatic heterocycles. The average Bonchev–Trinajstić information content (AvgIpc) is 3.99. The van der Waals surface area contributed by atoms with Crippen molar-refractivity contribution in [2.75, 3.05) is 21.3 Å². The lowest BCUT2D eigenvalue weighted by Crippen LogP contribution is -2.37. The van der Waals surface area contributed by atoms with Crippen molar-refractivity contribution in [3.05, 3.63) is 119 Å². The van der Waals surface area contributed by atoms with Crippen LogP contribution in [0.25, 0.3) is 0 Å². The number of phenolic OH excluding ortho intramolecular Hbond substituents is 1. The lowest BCUT2D eigenvalue weighted by atomic mass is 10.0. The molecule has 60 heavy (non-hydrogen) atoms. The highest BCUT2D eigenvalue weighted by atomic mass is 35.5. The maximum atomic E-state index is 11.1. The van der Waals surface area contributed by atoms with Crippen LogP contribution in [0.15, 0.2) is 97.1 Å². The number of methoxy groups -OCH3 is 3. The molecule has 0 heterocycles. The van der Waals surface area contributed by atoms with Crippen molar-refractivity contribution in [1.82, 2.24) is 10.6 Å². The van der Waals surface area contributed by atoms with Gasteiger partial charge in [-0.05, 0) is 134 Å². The molecule has 8 nitrogen and oxygen atoms in total. The van der Waals surface area contributed by atoms with E-state index in [1.807, 2.05) is 67.6 Å². The molecular formula is C51H71ClN2O6. The summed E-state index contributed by atoms with van der Waals surface area (Å²) < 4.78 is 15.3. The topological polar surface area (TPSA) is 106 Å². The molecule has 2 fully saturated rings. The van der Waals surface area contributed by atoms with Gasteiger partial charge in [-0.15, -0.1) is 0 Å². The molecular weight excluding hydrogens is 772 g/mol. The molecule has 0 aliphatic heterocycles. The number of ketones is 1. The Morgan fingerprint density at radius 1 is 0.600 bits per heavy atom. The first-order valence-electron chi connectivity index (χ1n) is 22.0. The fourth-order valence-corrected chi connectivity index (χ4v) is 7.78. The number of halogens is 1. The van der Waals surface area contributed by atoms with Crippen LogP contribution in [0.2, 0.25) is 0 Å². The molecule has 4 aromatic carbocycles. The molecule has 0 spiro atoms. The second-order valence-corrected chi connectivity index (χ2v) is 16.2. The number of benzene rings is 4. The van der Waals surface area contributed by atoms with Gasteiger partial charge in [-0.25, -0.2) is 0 Å². The number of phenols is 1. The van der Waals surface area contributed by atoms with Crippen LogP contribution < -0.4 is 24.8 Å². The van der Waals surface area contributed by atoms with Gasteiger partial charge in [-0.2, -0.15) is 0 Å². The van der Waals surface area contributed by atoms with Crippen LogP contribution in [0.1, 0.15) is 114 Å². The zero-order valence-corrected chi connectivity index (χ0v) is 37.8. The van der Waals surface area contributed by atoms with Crippen LogP contribution in [0.4, 0.5) is 0 Å². The second-order valence-electron chi connectivity index (χ2n) is 15.7. The highest BCUT2D eigenvalue weighted by molar-refractivity contribution is 6.63. The van der Waals surface area contributed by atoms with E-state index in [2.05, 4.69) is 48.7 Å². The summed E-state index contributed by atoms with van der Waals surface area (Å²) in [6.45, 7) is 6.38. The van der Waals surface area contributed by atoms with Crippen molar-refractivity contribution in [2.45, 2.75) is 141 Å². The van der Waals surface area contributed by atoms with Gasteiger partial charge in [0.2, 0.25) is 5.24 Å². The minimum atomic E-state index is -0.358. The second kappa shape index (κ2) is 29.0. The van der Waals surface area contributed by atoms with E-state index in [9.17, 15) is 14.7 Å². The number of hydrogen-bond acceptors (Lipinski definition) is 8. The highest BCUT2D eigenvalue weighted by Crippen LogP contribution is 2.22. The molecule has 0 amide bonds. The molecule has 2 atom stereocenters. The normalized spacial score (nSPS) is 14.6. The maximum absolute atomic E-state index is 11.1. The number of hydrogen-bond donors (Lipinski definition) is 3. The Balaban J connectivity index is 0.000000217. The maximum Gasteiger partial charge on any atom is 0.226 e. The van der Waals surface area contributed by atoms with Gasteiger partial charge < -0.3 is 30.0 Å². The van der Waals surface area contributed by atoms with E-state index in [-0.39, 0.29) is 17.4 Å².